The fraction of sp³-hybridized carbons (Fsp3) is 0.118. The van der Waals surface area contributed by atoms with Crippen LogP contribution in [0.2, 0.25) is 0 Å². The lowest BCUT2D eigenvalue weighted by molar-refractivity contribution is -0.832. The number of carboxylic acid groups (broad SMARTS) is 1. The third kappa shape index (κ3) is 4.83. The Morgan fingerprint density at radius 3 is 2.41 bits per heavy atom. The molecule has 0 unspecified atom stereocenters. The molecule has 0 radical (unpaired) electrons. The molecular weight excluding hydrogens is 426 g/mol. The highest BCUT2D eigenvalue weighted by Gasteiger charge is 2.36. The van der Waals surface area contributed by atoms with Crippen LogP contribution >= 0.6 is 12.4 Å². The normalized spacial score (nSPS) is 12.0. The fourth-order valence-electron chi connectivity index (χ4n) is 2.36. The molecule has 0 aliphatic rings. The molecule has 3 N–H and O–H groups in total. The van der Waals surface area contributed by atoms with E-state index in [1.54, 1.807) is 18.2 Å². The molecule has 0 aliphatic carbocycles. The van der Waals surface area contributed by atoms with Gasteiger partial charge in [-0.2, -0.15) is 0 Å². The summed E-state index contributed by atoms with van der Waals surface area (Å²) in [7, 11) is -4.22. The average molecular weight is 442 g/mol. The number of aromatic nitrogens is 2. The zero-order valence-electron chi connectivity index (χ0n) is 14.7. The van der Waals surface area contributed by atoms with Gasteiger partial charge in [0.05, 0.1) is 10.1 Å². The van der Waals surface area contributed by atoms with Crippen molar-refractivity contribution in [3.05, 3.63) is 65.4 Å². The third-order valence-electron chi connectivity index (χ3n) is 3.77. The maximum Gasteiger partial charge on any atom is 0.420 e. The lowest BCUT2D eigenvalue weighted by atomic mass is 10.1. The van der Waals surface area contributed by atoms with E-state index in [0.29, 0.717) is 5.56 Å². The molecule has 0 amide bonds. The zero-order chi connectivity index (χ0) is 20.3. The smallest absolute Gasteiger partial charge is 0.420 e. The number of ether oxygens (including phenoxy) is 1. The van der Waals surface area contributed by atoms with E-state index in [0.717, 1.165) is 0 Å². The van der Waals surface area contributed by atoms with Gasteiger partial charge in [0.25, 0.3) is 9.84 Å². The van der Waals surface area contributed by atoms with Crippen LogP contribution in [0.3, 0.4) is 0 Å². The summed E-state index contributed by atoms with van der Waals surface area (Å²) in [6.45, 7) is 0. The standard InChI is InChI=1S/C17H15N3O7S.ClH/c18-14(17(21)22)10-11-6-8-12(9-7-11)26-15-16(20(23)27-19-15)28(24,25)13-4-2-1-3-5-13;/h1-9,14H,10,18H2,(H,21,22);1H/t14-;/m0./s1. The second-order valence-electron chi connectivity index (χ2n) is 5.75. The van der Waals surface area contributed by atoms with Crippen LogP contribution in [0, 0.1) is 5.21 Å². The molecule has 0 spiro atoms. The molecular formula is C17H16ClN3O7S. The van der Waals surface area contributed by atoms with E-state index in [-0.39, 0.29) is 34.4 Å². The number of halogens is 1. The molecule has 3 aromatic rings. The van der Waals surface area contributed by atoms with Crippen molar-refractivity contribution in [3.8, 4) is 11.6 Å². The van der Waals surface area contributed by atoms with Crippen molar-refractivity contribution in [2.24, 2.45) is 5.73 Å². The van der Waals surface area contributed by atoms with Crippen LogP contribution in [0.1, 0.15) is 5.56 Å². The number of hydrogen-bond acceptors (Lipinski definition) is 8. The molecule has 29 heavy (non-hydrogen) atoms. The molecule has 0 bridgehead atoms. The Balaban J connectivity index is 0.00000300. The Labute approximate surface area is 171 Å². The first-order valence-electron chi connectivity index (χ1n) is 7.94. The number of carbonyl (C=O) groups is 1. The molecule has 154 valence electrons. The van der Waals surface area contributed by atoms with Crippen molar-refractivity contribution < 1.29 is 32.6 Å². The summed E-state index contributed by atoms with van der Waals surface area (Å²) in [5.74, 6) is -1.47. The van der Waals surface area contributed by atoms with Gasteiger partial charge in [0, 0.05) is 0 Å². The summed E-state index contributed by atoms with van der Waals surface area (Å²) in [6, 6.07) is 12.3. The van der Waals surface area contributed by atoms with Crippen molar-refractivity contribution in [1.82, 2.24) is 5.16 Å². The first-order chi connectivity index (χ1) is 13.3. The number of nitrogens with two attached hydrogens (primary N) is 1. The summed E-state index contributed by atoms with van der Waals surface area (Å²) >= 11 is 0. The Bertz CT molecular complexity index is 1090. The number of sulfone groups is 1. The maximum atomic E-state index is 12.7. The first kappa shape index (κ1) is 22.1. The fourth-order valence-corrected chi connectivity index (χ4v) is 3.64. The quantitative estimate of drug-likeness (QED) is 0.515. The van der Waals surface area contributed by atoms with Crippen LogP contribution in [0.5, 0.6) is 11.6 Å². The van der Waals surface area contributed by atoms with E-state index < -0.39 is 32.8 Å². The minimum absolute atomic E-state index is 0. The van der Waals surface area contributed by atoms with Crippen LogP contribution in [0.25, 0.3) is 0 Å². The number of nitrogens with zero attached hydrogens (tertiary/aromatic N) is 2. The second kappa shape index (κ2) is 8.90. The lowest BCUT2D eigenvalue weighted by Gasteiger charge is -2.07. The molecule has 0 aliphatic heterocycles. The van der Waals surface area contributed by atoms with E-state index in [2.05, 4.69) is 9.79 Å². The minimum atomic E-state index is -4.22. The Hall–Kier alpha value is -3.15. The molecule has 0 fully saturated rings. The largest absolute Gasteiger partial charge is 0.480 e. The summed E-state index contributed by atoms with van der Waals surface area (Å²) in [5.41, 5.74) is 6.12. The Kier molecular flexibility index (Phi) is 6.80. The topological polar surface area (TPSA) is 160 Å². The van der Waals surface area contributed by atoms with Gasteiger partial charge in [-0.3, -0.25) is 9.42 Å². The number of hydrogen-bond donors (Lipinski definition) is 2. The molecule has 12 heteroatoms. The molecule has 3 rings (SSSR count). The van der Waals surface area contributed by atoms with Crippen LogP contribution in [0.15, 0.2) is 69.1 Å². The van der Waals surface area contributed by atoms with E-state index in [9.17, 15) is 18.4 Å². The Morgan fingerprint density at radius 1 is 1.21 bits per heavy atom. The summed E-state index contributed by atoms with van der Waals surface area (Å²) < 4.78 is 35.2. The van der Waals surface area contributed by atoms with Crippen LogP contribution in [-0.2, 0) is 21.1 Å². The van der Waals surface area contributed by atoms with Gasteiger partial charge >= 0.3 is 16.9 Å². The first-order valence-corrected chi connectivity index (χ1v) is 9.42. The van der Waals surface area contributed by atoms with E-state index in [4.69, 9.17) is 15.6 Å². The van der Waals surface area contributed by atoms with Gasteiger partial charge in [-0.25, -0.2) is 8.42 Å². The molecule has 2 aromatic carbocycles. The molecule has 10 nitrogen and oxygen atoms in total. The van der Waals surface area contributed by atoms with Gasteiger partial charge in [0.1, 0.15) is 11.8 Å². The van der Waals surface area contributed by atoms with Gasteiger partial charge in [-0.1, -0.05) is 30.3 Å². The summed E-state index contributed by atoms with van der Waals surface area (Å²) in [6.07, 6.45) is 0.105. The summed E-state index contributed by atoms with van der Waals surface area (Å²) in [4.78, 5) is 10.4. The molecule has 0 saturated heterocycles. The monoisotopic (exact) mass is 441 g/mol. The van der Waals surface area contributed by atoms with Crippen LogP contribution < -0.4 is 15.4 Å². The van der Waals surface area contributed by atoms with E-state index in [1.807, 2.05) is 0 Å². The summed E-state index contributed by atoms with van der Waals surface area (Å²) in [5, 5.41) is 23.3. The molecule has 1 heterocycles. The second-order valence-corrected chi connectivity index (χ2v) is 7.62. The van der Waals surface area contributed by atoms with E-state index in [1.165, 1.54) is 36.4 Å². The van der Waals surface area contributed by atoms with Crippen LogP contribution in [0.4, 0.5) is 0 Å². The minimum Gasteiger partial charge on any atom is -0.480 e. The van der Waals surface area contributed by atoms with Crippen molar-refractivity contribution >= 4 is 28.2 Å². The lowest BCUT2D eigenvalue weighted by Crippen LogP contribution is -2.32. The van der Waals surface area contributed by atoms with Gasteiger partial charge < -0.3 is 20.8 Å². The SMILES string of the molecule is Cl.N[C@@H](Cc1ccc(Oc2no[n+]([O-])c2S(=O)(=O)c2ccccc2)cc1)C(=O)O. The highest BCUT2D eigenvalue weighted by atomic mass is 35.5. The number of carboxylic acids is 1. The van der Waals surface area contributed by atoms with Gasteiger partial charge in [0.15, 0.2) is 0 Å². The van der Waals surface area contributed by atoms with Gasteiger partial charge in [0.2, 0.25) is 0 Å². The number of benzene rings is 2. The van der Waals surface area contributed by atoms with Crippen molar-refractivity contribution in [2.75, 3.05) is 0 Å². The average Bonchev–Trinajstić information content (AvgIpc) is 3.04. The van der Waals surface area contributed by atoms with Crippen molar-refractivity contribution in [1.29, 1.82) is 0 Å². The van der Waals surface area contributed by atoms with Crippen molar-refractivity contribution in [3.63, 3.8) is 0 Å². The maximum absolute atomic E-state index is 12.7. The number of aliphatic carboxylic acids is 1. The predicted molar refractivity (Wildman–Crippen MR) is 100 cm³/mol. The highest BCUT2D eigenvalue weighted by molar-refractivity contribution is 7.91. The zero-order valence-corrected chi connectivity index (χ0v) is 16.3. The van der Waals surface area contributed by atoms with Gasteiger partial charge in [-0.15, -0.1) is 12.4 Å². The predicted octanol–water partition coefficient (Wildman–Crippen LogP) is 1.31. The molecule has 0 saturated carbocycles. The molecule has 1 aromatic heterocycles. The van der Waals surface area contributed by atoms with E-state index >= 15 is 0 Å². The van der Waals surface area contributed by atoms with Gasteiger partial charge in [-0.05, 0) is 41.2 Å². The Morgan fingerprint density at radius 2 is 1.83 bits per heavy atom. The van der Waals surface area contributed by atoms with Crippen molar-refractivity contribution in [2.45, 2.75) is 22.4 Å². The third-order valence-corrected chi connectivity index (χ3v) is 5.49. The molecule has 1 atom stereocenters. The number of rotatable bonds is 7. The highest BCUT2D eigenvalue weighted by Crippen LogP contribution is 2.28. The van der Waals surface area contributed by atoms with Crippen LogP contribution in [-0.4, -0.2) is 30.7 Å².